The van der Waals surface area contributed by atoms with Crippen molar-refractivity contribution < 1.29 is 22.4 Å². The summed E-state index contributed by atoms with van der Waals surface area (Å²) in [6, 6.07) is 10.5. The number of piperazine rings is 1. The molecule has 2 amide bonds. The predicted octanol–water partition coefficient (Wildman–Crippen LogP) is 2.47. The third kappa shape index (κ3) is 4.89. The van der Waals surface area contributed by atoms with E-state index in [9.17, 15) is 22.4 Å². The van der Waals surface area contributed by atoms with Gasteiger partial charge < -0.3 is 5.32 Å². The molecule has 1 fully saturated rings. The number of sulfonamides is 1. The first-order valence-corrected chi connectivity index (χ1v) is 11.7. The Kier molecular flexibility index (Phi) is 6.40. The maximum Gasteiger partial charge on any atom is 0.247 e. The third-order valence-corrected chi connectivity index (χ3v) is 6.69. The van der Waals surface area contributed by atoms with Gasteiger partial charge >= 0.3 is 0 Å². The second-order valence-corrected chi connectivity index (χ2v) is 10.2. The number of anilines is 1. The summed E-state index contributed by atoms with van der Waals surface area (Å²) in [5.74, 6) is -1.46. The Morgan fingerprint density at radius 1 is 1.23 bits per heavy atom. The lowest BCUT2D eigenvalue weighted by molar-refractivity contribution is -0.133. The fourth-order valence-electron chi connectivity index (χ4n) is 3.62. The van der Waals surface area contributed by atoms with Crippen molar-refractivity contribution in [3.63, 3.8) is 0 Å². The number of nitrogens with zero attached hydrogens (tertiary/aromatic N) is 2. The number of halogens is 2. The molecule has 1 aliphatic heterocycles. The molecule has 0 radical (unpaired) electrons. The molecule has 0 bridgehead atoms. The molecule has 0 spiro atoms. The van der Waals surface area contributed by atoms with Gasteiger partial charge in [-0.1, -0.05) is 23.7 Å². The van der Waals surface area contributed by atoms with Gasteiger partial charge in [-0.15, -0.1) is 0 Å². The third-order valence-electron chi connectivity index (χ3n) is 5.26. The van der Waals surface area contributed by atoms with Crippen LogP contribution in [-0.4, -0.2) is 49.4 Å². The summed E-state index contributed by atoms with van der Waals surface area (Å²) in [5, 5.41) is 3.23. The van der Waals surface area contributed by atoms with Crippen molar-refractivity contribution in [3.05, 3.63) is 64.4 Å². The Bertz CT molecular complexity index is 1120. The van der Waals surface area contributed by atoms with E-state index in [1.54, 1.807) is 25.1 Å². The number of carbonyl (C=O) groups is 2. The molecule has 0 aliphatic carbocycles. The van der Waals surface area contributed by atoms with E-state index in [0.29, 0.717) is 21.8 Å². The zero-order valence-corrected chi connectivity index (χ0v) is 18.9. The molecule has 1 saturated heterocycles. The minimum Gasteiger partial charge on any atom is -0.350 e. The van der Waals surface area contributed by atoms with Crippen LogP contribution in [0.1, 0.15) is 18.1 Å². The quantitative estimate of drug-likeness (QED) is 0.731. The van der Waals surface area contributed by atoms with Crippen molar-refractivity contribution in [2.24, 2.45) is 0 Å². The lowest BCUT2D eigenvalue weighted by Crippen LogP contribution is -2.70. The van der Waals surface area contributed by atoms with Crippen LogP contribution in [0.3, 0.4) is 0 Å². The topological polar surface area (TPSA) is 86.8 Å². The van der Waals surface area contributed by atoms with Crippen LogP contribution < -0.4 is 10.2 Å². The van der Waals surface area contributed by atoms with Gasteiger partial charge in [0.05, 0.1) is 12.8 Å². The van der Waals surface area contributed by atoms with Gasteiger partial charge in [0, 0.05) is 23.8 Å². The normalized spacial score (nSPS) is 20.0. The van der Waals surface area contributed by atoms with Gasteiger partial charge in [0.1, 0.15) is 11.4 Å². The standard InChI is InChI=1S/C21H23ClFN3O4S/c1-14-10-16(22)6-9-18(14)26-19(27)12-25(31(3,29)30)13-21(26,2)20(28)24-11-15-4-7-17(23)8-5-15/h4-10H,11-13H2,1-3H3,(H,24,28). The summed E-state index contributed by atoms with van der Waals surface area (Å²) in [6.45, 7) is 2.79. The second kappa shape index (κ2) is 8.57. The fourth-order valence-corrected chi connectivity index (χ4v) is 4.68. The van der Waals surface area contributed by atoms with E-state index >= 15 is 0 Å². The van der Waals surface area contributed by atoms with E-state index in [1.165, 1.54) is 36.1 Å². The zero-order valence-electron chi connectivity index (χ0n) is 17.4. The van der Waals surface area contributed by atoms with Crippen molar-refractivity contribution in [2.75, 3.05) is 24.2 Å². The van der Waals surface area contributed by atoms with E-state index in [2.05, 4.69) is 5.32 Å². The van der Waals surface area contributed by atoms with Gasteiger partial charge in [-0.25, -0.2) is 12.8 Å². The summed E-state index contributed by atoms with van der Waals surface area (Å²) in [6.07, 6.45) is 1.00. The molecule has 7 nitrogen and oxygen atoms in total. The first kappa shape index (κ1) is 23.2. The molecule has 0 aromatic heterocycles. The highest BCUT2D eigenvalue weighted by Crippen LogP contribution is 2.34. The molecular formula is C21H23ClFN3O4S. The van der Waals surface area contributed by atoms with Crippen molar-refractivity contribution in [1.29, 1.82) is 0 Å². The highest BCUT2D eigenvalue weighted by atomic mass is 35.5. The summed E-state index contributed by atoms with van der Waals surface area (Å²) < 4.78 is 38.5. The van der Waals surface area contributed by atoms with Gasteiger partial charge in [0.15, 0.2) is 0 Å². The fraction of sp³-hybridized carbons (Fsp3) is 0.333. The number of nitrogens with one attached hydrogen (secondary N) is 1. The van der Waals surface area contributed by atoms with Crippen molar-refractivity contribution in [1.82, 2.24) is 9.62 Å². The smallest absolute Gasteiger partial charge is 0.247 e. The van der Waals surface area contributed by atoms with Crippen LogP contribution in [-0.2, 0) is 26.2 Å². The number of hydrogen-bond acceptors (Lipinski definition) is 4. The average molecular weight is 468 g/mol. The first-order valence-electron chi connectivity index (χ1n) is 9.49. The first-order chi connectivity index (χ1) is 14.4. The SMILES string of the molecule is Cc1cc(Cl)ccc1N1C(=O)CN(S(C)(=O)=O)CC1(C)C(=O)NCc1ccc(F)cc1. The minimum absolute atomic E-state index is 0.0925. The molecule has 0 saturated carbocycles. The number of hydrogen-bond donors (Lipinski definition) is 1. The van der Waals surface area contributed by atoms with Crippen LogP contribution >= 0.6 is 11.6 Å². The Labute approximate surface area is 185 Å². The molecule has 31 heavy (non-hydrogen) atoms. The second-order valence-electron chi connectivity index (χ2n) is 7.77. The molecule has 1 heterocycles. The van der Waals surface area contributed by atoms with E-state index in [1.807, 2.05) is 0 Å². The van der Waals surface area contributed by atoms with Crippen LogP contribution in [0.4, 0.5) is 10.1 Å². The highest BCUT2D eigenvalue weighted by Gasteiger charge is 2.50. The molecule has 2 aromatic rings. The van der Waals surface area contributed by atoms with Gasteiger partial charge in [-0.05, 0) is 55.3 Å². The molecule has 3 rings (SSSR count). The largest absolute Gasteiger partial charge is 0.350 e. The molecule has 166 valence electrons. The van der Waals surface area contributed by atoms with Crippen LogP contribution in [0.2, 0.25) is 5.02 Å². The summed E-state index contributed by atoms with van der Waals surface area (Å²) >= 11 is 6.04. The monoisotopic (exact) mass is 467 g/mol. The predicted molar refractivity (Wildman–Crippen MR) is 117 cm³/mol. The van der Waals surface area contributed by atoms with E-state index in [0.717, 1.165) is 10.6 Å². The van der Waals surface area contributed by atoms with Crippen LogP contribution in [0.15, 0.2) is 42.5 Å². The number of amides is 2. The molecule has 1 unspecified atom stereocenters. The van der Waals surface area contributed by atoms with E-state index < -0.39 is 33.2 Å². The van der Waals surface area contributed by atoms with Gasteiger partial charge in [0.25, 0.3) is 0 Å². The molecular weight excluding hydrogens is 445 g/mol. The maximum atomic E-state index is 13.3. The number of rotatable bonds is 5. The van der Waals surface area contributed by atoms with Gasteiger partial charge in [0.2, 0.25) is 21.8 Å². The van der Waals surface area contributed by atoms with Gasteiger partial charge in [-0.3, -0.25) is 14.5 Å². The molecule has 2 aromatic carbocycles. The Morgan fingerprint density at radius 2 is 1.87 bits per heavy atom. The van der Waals surface area contributed by atoms with Crippen LogP contribution in [0.25, 0.3) is 0 Å². The van der Waals surface area contributed by atoms with Crippen molar-refractivity contribution >= 4 is 39.1 Å². The lowest BCUT2D eigenvalue weighted by atomic mass is 9.93. The van der Waals surface area contributed by atoms with Crippen LogP contribution in [0.5, 0.6) is 0 Å². The molecule has 1 aliphatic rings. The molecule has 1 atom stereocenters. The number of carbonyl (C=O) groups excluding carboxylic acids is 2. The van der Waals surface area contributed by atoms with Crippen molar-refractivity contribution in [2.45, 2.75) is 25.9 Å². The summed E-state index contributed by atoms with van der Waals surface area (Å²) in [5.41, 5.74) is 0.291. The molecule has 1 N–H and O–H groups in total. The summed E-state index contributed by atoms with van der Waals surface area (Å²) in [7, 11) is -3.71. The molecule has 10 heteroatoms. The highest BCUT2D eigenvalue weighted by molar-refractivity contribution is 7.88. The van der Waals surface area contributed by atoms with Gasteiger partial charge in [-0.2, -0.15) is 4.31 Å². The zero-order chi connectivity index (χ0) is 23.0. The Morgan fingerprint density at radius 3 is 2.45 bits per heavy atom. The Hall–Kier alpha value is -2.49. The van der Waals surface area contributed by atoms with Crippen LogP contribution in [0, 0.1) is 12.7 Å². The lowest BCUT2D eigenvalue weighted by Gasteiger charge is -2.47. The average Bonchev–Trinajstić information content (AvgIpc) is 2.67. The Balaban J connectivity index is 1.98. The minimum atomic E-state index is -3.71. The number of benzene rings is 2. The van der Waals surface area contributed by atoms with Crippen molar-refractivity contribution in [3.8, 4) is 0 Å². The summed E-state index contributed by atoms with van der Waals surface area (Å²) in [4.78, 5) is 27.7. The number of aryl methyl sites for hydroxylation is 1. The maximum absolute atomic E-state index is 13.3. The van der Waals surface area contributed by atoms with E-state index in [-0.39, 0.29) is 19.6 Å². The van der Waals surface area contributed by atoms with E-state index in [4.69, 9.17) is 11.6 Å².